The maximum atomic E-state index is 11.5. The standard InChI is InChI=1S/C90H59N/c1-54-40-44-65-66-46-42-59(57-22-6-4-7-23-57)52-79(66)90(77(65)48-54)74-35-19-14-30-67(74)85-76(90)37-21-38-82(85)91(84-51-56(3)50-81-87(84)68-45-41-55(2)49-78(68)89(81)72-33-17-12-28-63(72)64-29-13-18-34-73(64)89)83-39-20-36-75-86(83)69-47-43-60(58-24-8-5-9-25-58)53-80(69)88(75)70-31-15-10-26-61(70)62-27-11-16-32-71(62)88/h4-53H,1-3H3/i1D3,2D3,3D3,4D,5D,6D,7D,8D,9D,10D,11D,12D,13D,14D,15D,16D,17D,18D,19D,20D,21D,22D,23D,24D,25D,26D,28D,29D,30D,31D,32D,33D,34D,35D,36D,37D,38D,39D,40D,41D,42D,43D,44D,45D,46D,47D,48D,49D,50D,51D,52D,53D. The van der Waals surface area contributed by atoms with E-state index in [0.717, 1.165) is 6.07 Å². The first-order valence-corrected chi connectivity index (χ1v) is 27.5. The summed E-state index contributed by atoms with van der Waals surface area (Å²) in [4.78, 5) is 0.0555. The van der Waals surface area contributed by atoms with E-state index in [1.54, 1.807) is 0 Å². The first-order valence-electron chi connectivity index (χ1n) is 56.5. The van der Waals surface area contributed by atoms with E-state index in [2.05, 4.69) is 0 Å². The normalized spacial score (nSPS) is 26.1. The average Bonchev–Trinajstić information content (AvgIpc) is 1.45. The highest BCUT2D eigenvalue weighted by atomic mass is 15.2. The maximum Gasteiger partial charge on any atom is 0.0726 e. The summed E-state index contributed by atoms with van der Waals surface area (Å²) in [6.45, 7) is -12.3. The van der Waals surface area contributed by atoms with Gasteiger partial charge in [0.15, 0.2) is 0 Å². The number of anilines is 3. The largest absolute Gasteiger partial charge is 0.309 e. The van der Waals surface area contributed by atoms with E-state index >= 15 is 0 Å². The number of hydrogen-bond donors (Lipinski definition) is 0. The topological polar surface area (TPSA) is 3.24 Å². The SMILES string of the molecule is [2H]c1cc2c(c([2H])c1[2H])C1(c3c([2H])c([2H])c([2H])c([2H])c3-2)c2c([2H])c(-c3c([2H])c([2H])c([2H])c([2H])c3[2H])c([2H])c([2H])c2-c2c(N(c3c([2H])c([2H])c([2H])c4c3-c3c([2H])c([2H])c([2H])c([2H])c3C43c4c([2H])c(-c5c([2H])c([2H])c([2H])c([2H])c5[2H])c([2H])c([2H])c4-c4c([2H])c([2H])c(C([2H])([2H])[2H])c([2H])c43)c3c([2H])c(C([2H])([2H])[2H])c([2H])c4c3-c3c([2H])c([2H])c(C([2H])([2H])[2H])c([2H])c3C43c4c([2H])c([2H])c([2H])c([2H])c4-c4c([2H])c([2H])c([2H])c([2H])c43)c([2H])c([2H])c([2H])c21. The summed E-state index contributed by atoms with van der Waals surface area (Å²) in [5, 5.41) is 0. The number of fused-ring (bicyclic) bond motifs is 30. The van der Waals surface area contributed by atoms with E-state index < -0.39 is 522 Å². The number of nitrogens with zero attached hydrogens (tertiary/aromatic N) is 1. The van der Waals surface area contributed by atoms with Gasteiger partial charge in [0.25, 0.3) is 0 Å². The lowest BCUT2D eigenvalue weighted by Crippen LogP contribution is -2.27. The molecule has 2 unspecified atom stereocenters. The van der Waals surface area contributed by atoms with Crippen LogP contribution in [0.4, 0.5) is 17.1 Å². The van der Waals surface area contributed by atoms with Crippen LogP contribution in [0.2, 0.25) is 0 Å². The zero-order valence-electron chi connectivity index (χ0n) is 104. The lowest BCUT2D eigenvalue weighted by Gasteiger charge is -2.35. The number of hydrogen-bond acceptors (Lipinski definition) is 1. The molecule has 0 heterocycles. The van der Waals surface area contributed by atoms with Crippen molar-refractivity contribution >= 4 is 17.1 Å². The van der Waals surface area contributed by atoms with E-state index in [-0.39, 0.29) is 4.90 Å². The van der Waals surface area contributed by atoms with Crippen molar-refractivity contribution in [3.05, 3.63) is 386 Å². The van der Waals surface area contributed by atoms with Crippen LogP contribution in [0, 0.1) is 20.6 Å². The molecule has 424 valence electrons. The van der Waals surface area contributed by atoms with Crippen molar-refractivity contribution in [3.63, 3.8) is 0 Å². The van der Waals surface area contributed by atoms with Crippen LogP contribution in [0.25, 0.3) is 89.0 Å². The minimum absolute atomic E-state index is 0.0555. The van der Waals surface area contributed by atoms with Gasteiger partial charge in [-0.15, -0.1) is 0 Å². The third kappa shape index (κ3) is 6.31. The van der Waals surface area contributed by atoms with E-state index in [9.17, 15) is 67.2 Å². The van der Waals surface area contributed by atoms with Crippen LogP contribution in [0.15, 0.2) is 302 Å². The fourth-order valence-electron chi connectivity index (χ4n) is 14.5. The molecule has 3 spiro atoms. The molecule has 0 N–H and O–H groups in total. The van der Waals surface area contributed by atoms with Gasteiger partial charge in [0, 0.05) is 29.0 Å². The Hall–Kier alpha value is -11.1. The molecule has 0 bridgehead atoms. The van der Waals surface area contributed by atoms with Crippen LogP contribution in [0.1, 0.15) is 163 Å². The Balaban J connectivity index is 1.17. The zero-order chi connectivity index (χ0) is 110. The molecule has 0 saturated carbocycles. The molecule has 91 heavy (non-hydrogen) atoms. The van der Waals surface area contributed by atoms with Crippen LogP contribution in [0.3, 0.4) is 0 Å². The Labute approximate surface area is 613 Å². The Kier molecular flexibility index (Phi) is 4.05. The molecule has 0 radical (unpaired) electrons. The molecule has 1 nitrogen and oxygen atoms in total. The maximum absolute atomic E-state index is 11.5. The van der Waals surface area contributed by atoms with Crippen LogP contribution >= 0.6 is 0 Å². The van der Waals surface area contributed by atoms with Gasteiger partial charge in [0.05, 0.1) is 100 Å². The Morgan fingerprint density at radius 1 is 0.231 bits per heavy atom. The van der Waals surface area contributed by atoms with Gasteiger partial charge in [-0.25, -0.2) is 0 Å². The van der Waals surface area contributed by atoms with Crippen LogP contribution in [-0.2, 0) is 16.2 Å². The quantitative estimate of drug-likeness (QED) is 0.166. The van der Waals surface area contributed by atoms with Crippen LogP contribution in [0.5, 0.6) is 0 Å². The highest BCUT2D eigenvalue weighted by Gasteiger charge is 2.57. The second kappa shape index (κ2) is 18.3. The second-order valence-electron chi connectivity index (χ2n) is 21.6. The van der Waals surface area contributed by atoms with Crippen molar-refractivity contribution in [2.24, 2.45) is 0 Å². The zero-order valence-corrected chi connectivity index (χ0v) is 45.5. The van der Waals surface area contributed by atoms with Crippen molar-refractivity contribution < 1.29 is 79.5 Å². The highest BCUT2D eigenvalue weighted by molar-refractivity contribution is 6.09. The molecule has 0 fully saturated rings. The van der Waals surface area contributed by atoms with Crippen LogP contribution < -0.4 is 4.90 Å². The molecular formula is C90H59N. The van der Waals surface area contributed by atoms with E-state index in [4.69, 9.17) is 12.3 Å². The third-order valence-corrected chi connectivity index (χ3v) is 17.6. The lowest BCUT2D eigenvalue weighted by molar-refractivity contribution is 0.791. The van der Waals surface area contributed by atoms with Crippen molar-refractivity contribution in [2.45, 2.75) is 36.8 Å². The summed E-state index contributed by atoms with van der Waals surface area (Å²) in [5.74, 6) is 0. The van der Waals surface area contributed by atoms with Crippen molar-refractivity contribution in [1.29, 1.82) is 0 Å². The van der Waals surface area contributed by atoms with E-state index in [1.807, 2.05) is 0 Å². The van der Waals surface area contributed by atoms with Crippen molar-refractivity contribution in [3.8, 4) is 89.0 Å². The summed E-state index contributed by atoms with van der Waals surface area (Å²) in [6, 6.07) is -70.5. The fourth-order valence-corrected chi connectivity index (χ4v) is 14.5. The molecule has 14 aromatic carbocycles. The molecule has 1 heteroatoms. The monoisotopic (exact) mass is 1210 g/mol. The predicted octanol–water partition coefficient (Wildman–Crippen LogP) is 22.4. The molecule has 0 aromatic heterocycles. The van der Waals surface area contributed by atoms with Gasteiger partial charge in [-0.1, -0.05) is 283 Å². The first kappa shape index (κ1) is 20.2. The molecule has 0 saturated heterocycles. The van der Waals surface area contributed by atoms with Gasteiger partial charge in [0.2, 0.25) is 0 Å². The van der Waals surface area contributed by atoms with Crippen molar-refractivity contribution in [2.75, 3.05) is 4.90 Å². The Bertz CT molecular complexity index is 8810. The van der Waals surface area contributed by atoms with Crippen LogP contribution in [-0.4, -0.2) is 0 Å². The van der Waals surface area contributed by atoms with Crippen molar-refractivity contribution in [1.82, 2.24) is 0 Å². The van der Waals surface area contributed by atoms with Gasteiger partial charge in [0.1, 0.15) is 0 Å². The molecule has 0 aliphatic heterocycles. The molecule has 2 atom stereocenters. The third-order valence-electron chi connectivity index (χ3n) is 17.6. The predicted molar refractivity (Wildman–Crippen MR) is 375 cm³/mol. The van der Waals surface area contributed by atoms with E-state index in [1.165, 1.54) is 0 Å². The number of benzene rings is 14. The first-order chi connectivity index (χ1) is 68.9. The summed E-state index contributed by atoms with van der Waals surface area (Å²) in [6.07, 6.45) is 0. The highest BCUT2D eigenvalue weighted by Crippen LogP contribution is 2.71. The molecule has 0 amide bonds. The van der Waals surface area contributed by atoms with E-state index in [0.29, 0.717) is 0 Å². The van der Waals surface area contributed by atoms with Gasteiger partial charge < -0.3 is 4.90 Å². The minimum atomic E-state index is -4.40. The smallest absolute Gasteiger partial charge is 0.0726 e. The van der Waals surface area contributed by atoms with Gasteiger partial charge >= 0.3 is 0 Å². The Morgan fingerprint density at radius 3 is 1.14 bits per heavy atom. The summed E-state index contributed by atoms with van der Waals surface area (Å²) < 4.78 is 580. The van der Waals surface area contributed by atoms with Gasteiger partial charge in [-0.3, -0.25) is 0 Å². The molecular weight excluding hydrogens is 1090 g/mol. The molecule has 6 aliphatic rings. The van der Waals surface area contributed by atoms with Gasteiger partial charge in [-0.2, -0.15) is 0 Å². The lowest BCUT2D eigenvalue weighted by atomic mass is 9.70. The molecule has 14 aromatic rings. The molecule has 6 aliphatic carbocycles. The summed E-state index contributed by atoms with van der Waals surface area (Å²) >= 11 is 0. The minimum Gasteiger partial charge on any atom is -0.309 e. The summed E-state index contributed by atoms with van der Waals surface area (Å²) in [7, 11) is 0. The fraction of sp³-hybridized carbons (Fsp3) is 0.0667. The second-order valence-corrected chi connectivity index (χ2v) is 21.6. The number of rotatable bonds is 5. The molecule has 20 rings (SSSR count). The Morgan fingerprint density at radius 2 is 0.582 bits per heavy atom. The van der Waals surface area contributed by atoms with Gasteiger partial charge in [-0.05, 0) is 195 Å². The average molecular weight is 1210 g/mol. The summed E-state index contributed by atoms with van der Waals surface area (Å²) in [5.41, 5.74) is -57.8.